The van der Waals surface area contributed by atoms with Crippen LogP contribution in [0.15, 0.2) is 0 Å². The summed E-state index contributed by atoms with van der Waals surface area (Å²) >= 11 is 1.69. The summed E-state index contributed by atoms with van der Waals surface area (Å²) in [7, 11) is 0. The first-order valence-corrected chi connectivity index (χ1v) is 8.25. The second-order valence-electron chi connectivity index (χ2n) is 5.89. The lowest BCUT2D eigenvalue weighted by molar-refractivity contribution is -0.149. The molecule has 1 atom stereocenters. The summed E-state index contributed by atoms with van der Waals surface area (Å²) in [5.41, 5.74) is -1.49. The van der Waals surface area contributed by atoms with Gasteiger partial charge in [0.15, 0.2) is 0 Å². The molecule has 0 radical (unpaired) electrons. The number of alkyl carbamates (subject to hydrolysis) is 1. The van der Waals surface area contributed by atoms with E-state index in [1.165, 1.54) is 0 Å². The van der Waals surface area contributed by atoms with E-state index in [1.807, 2.05) is 13.2 Å². The van der Waals surface area contributed by atoms with Gasteiger partial charge in [-0.2, -0.15) is 11.8 Å². The smallest absolute Gasteiger partial charge is 0.407 e. The Morgan fingerprint density at radius 3 is 2.30 bits per heavy atom. The van der Waals surface area contributed by atoms with E-state index in [-0.39, 0.29) is 6.54 Å². The Kier molecular flexibility index (Phi) is 8.01. The standard InChI is InChI=1S/C14H27NO4S/c1-6-14(11(16)17,8-7-9-20-5)10-15-12(18)19-13(2,3)4/h6-10H2,1-5H3,(H,15,18)(H,16,17). The van der Waals surface area contributed by atoms with Crippen molar-refractivity contribution in [1.82, 2.24) is 5.32 Å². The van der Waals surface area contributed by atoms with Crippen LogP contribution in [0.4, 0.5) is 4.79 Å². The maximum atomic E-state index is 11.6. The van der Waals surface area contributed by atoms with Crippen molar-refractivity contribution in [1.29, 1.82) is 0 Å². The van der Waals surface area contributed by atoms with Crippen LogP contribution >= 0.6 is 11.8 Å². The van der Waals surface area contributed by atoms with E-state index < -0.39 is 23.1 Å². The number of amides is 1. The predicted octanol–water partition coefficient (Wildman–Crippen LogP) is 3.14. The van der Waals surface area contributed by atoms with Gasteiger partial charge in [0.05, 0.1) is 5.41 Å². The minimum Gasteiger partial charge on any atom is -0.481 e. The monoisotopic (exact) mass is 305 g/mol. The highest BCUT2D eigenvalue weighted by Crippen LogP contribution is 2.28. The molecule has 0 fully saturated rings. The van der Waals surface area contributed by atoms with Crippen LogP contribution in [0.5, 0.6) is 0 Å². The lowest BCUT2D eigenvalue weighted by Gasteiger charge is -2.29. The van der Waals surface area contributed by atoms with Crippen LogP contribution in [0, 0.1) is 5.41 Å². The van der Waals surface area contributed by atoms with Crippen molar-refractivity contribution < 1.29 is 19.4 Å². The molecule has 6 heteroatoms. The van der Waals surface area contributed by atoms with Gasteiger partial charge in [-0.25, -0.2) is 4.79 Å². The molecule has 0 heterocycles. The average Bonchev–Trinajstić information content (AvgIpc) is 2.31. The van der Waals surface area contributed by atoms with Gasteiger partial charge in [-0.05, 0) is 52.0 Å². The van der Waals surface area contributed by atoms with Gasteiger partial charge >= 0.3 is 12.1 Å². The third-order valence-electron chi connectivity index (χ3n) is 3.10. The molecule has 0 saturated heterocycles. The minimum atomic E-state index is -0.910. The van der Waals surface area contributed by atoms with Crippen molar-refractivity contribution in [3.05, 3.63) is 0 Å². The number of aliphatic carboxylic acids is 1. The second-order valence-corrected chi connectivity index (χ2v) is 6.88. The molecule has 0 aromatic carbocycles. The first-order chi connectivity index (χ1) is 9.17. The Bertz CT molecular complexity index is 328. The quantitative estimate of drug-likeness (QED) is 0.674. The largest absolute Gasteiger partial charge is 0.481 e. The molecular weight excluding hydrogens is 278 g/mol. The Morgan fingerprint density at radius 1 is 1.30 bits per heavy atom. The molecule has 0 aliphatic rings. The Morgan fingerprint density at radius 2 is 1.90 bits per heavy atom. The number of rotatable bonds is 8. The molecule has 20 heavy (non-hydrogen) atoms. The van der Waals surface area contributed by atoms with Gasteiger partial charge < -0.3 is 15.2 Å². The van der Waals surface area contributed by atoms with Crippen molar-refractivity contribution in [2.45, 2.75) is 52.6 Å². The second kappa shape index (κ2) is 8.39. The fourth-order valence-corrected chi connectivity index (χ4v) is 2.27. The summed E-state index contributed by atoms with van der Waals surface area (Å²) in [5, 5.41) is 12.1. The van der Waals surface area contributed by atoms with Crippen LogP contribution in [-0.2, 0) is 9.53 Å². The maximum absolute atomic E-state index is 11.6. The molecular formula is C14H27NO4S. The Labute approximate surface area is 125 Å². The van der Waals surface area contributed by atoms with Crippen molar-refractivity contribution in [2.75, 3.05) is 18.6 Å². The SMILES string of the molecule is CCC(CCCSC)(CNC(=O)OC(C)(C)C)C(=O)O. The van der Waals surface area contributed by atoms with E-state index in [4.69, 9.17) is 4.74 Å². The highest BCUT2D eigenvalue weighted by Gasteiger charge is 2.36. The molecule has 0 aliphatic heterocycles. The van der Waals surface area contributed by atoms with E-state index in [0.29, 0.717) is 12.8 Å². The summed E-state index contributed by atoms with van der Waals surface area (Å²) in [5.74, 6) is 0.0544. The number of ether oxygens (including phenoxy) is 1. The number of carboxylic acid groups (broad SMARTS) is 1. The Balaban J connectivity index is 4.57. The predicted molar refractivity (Wildman–Crippen MR) is 82.2 cm³/mol. The number of carboxylic acids is 1. The first-order valence-electron chi connectivity index (χ1n) is 6.86. The molecule has 1 unspecified atom stereocenters. The third kappa shape index (κ3) is 7.03. The molecule has 0 bridgehead atoms. The molecule has 0 saturated carbocycles. The Hall–Kier alpha value is -0.910. The number of hydrogen-bond acceptors (Lipinski definition) is 4. The number of hydrogen-bond donors (Lipinski definition) is 2. The average molecular weight is 305 g/mol. The van der Waals surface area contributed by atoms with E-state index in [0.717, 1.165) is 12.2 Å². The summed E-state index contributed by atoms with van der Waals surface area (Å²) in [6, 6.07) is 0. The molecule has 1 amide bonds. The topological polar surface area (TPSA) is 75.6 Å². The van der Waals surface area contributed by atoms with E-state index >= 15 is 0 Å². The normalized spacial score (nSPS) is 14.4. The van der Waals surface area contributed by atoms with Gasteiger partial charge in [0.1, 0.15) is 5.60 Å². The zero-order chi connectivity index (χ0) is 15.8. The van der Waals surface area contributed by atoms with Gasteiger partial charge in [0.2, 0.25) is 0 Å². The molecule has 0 rings (SSSR count). The zero-order valence-corrected chi connectivity index (χ0v) is 13.9. The first kappa shape index (κ1) is 19.1. The summed E-state index contributed by atoms with van der Waals surface area (Å²) in [6.45, 7) is 7.26. The third-order valence-corrected chi connectivity index (χ3v) is 3.80. The number of nitrogens with one attached hydrogen (secondary N) is 1. The highest BCUT2D eigenvalue weighted by molar-refractivity contribution is 7.98. The molecule has 2 N–H and O–H groups in total. The molecule has 0 aliphatic carbocycles. The molecule has 5 nitrogen and oxygen atoms in total. The van der Waals surface area contributed by atoms with Gasteiger partial charge in [0.25, 0.3) is 0 Å². The van der Waals surface area contributed by atoms with Crippen molar-refractivity contribution in [2.24, 2.45) is 5.41 Å². The van der Waals surface area contributed by atoms with Gasteiger partial charge in [-0.3, -0.25) is 4.79 Å². The number of carbonyl (C=O) groups excluding carboxylic acids is 1. The summed E-state index contributed by atoms with van der Waals surface area (Å²) < 4.78 is 5.14. The number of thioether (sulfide) groups is 1. The zero-order valence-electron chi connectivity index (χ0n) is 13.1. The van der Waals surface area contributed by atoms with E-state index in [9.17, 15) is 14.7 Å². The fraction of sp³-hybridized carbons (Fsp3) is 0.857. The maximum Gasteiger partial charge on any atom is 0.407 e. The van der Waals surface area contributed by atoms with Gasteiger partial charge in [-0.15, -0.1) is 0 Å². The van der Waals surface area contributed by atoms with Crippen LogP contribution in [0.25, 0.3) is 0 Å². The minimum absolute atomic E-state index is 0.0993. The van der Waals surface area contributed by atoms with Crippen molar-refractivity contribution >= 4 is 23.8 Å². The van der Waals surface area contributed by atoms with Crippen LogP contribution in [-0.4, -0.2) is 41.3 Å². The lowest BCUT2D eigenvalue weighted by Crippen LogP contribution is -2.44. The molecule has 0 spiro atoms. The summed E-state index contributed by atoms with van der Waals surface area (Å²) in [4.78, 5) is 23.2. The van der Waals surface area contributed by atoms with Crippen molar-refractivity contribution in [3.63, 3.8) is 0 Å². The van der Waals surface area contributed by atoms with E-state index in [1.54, 1.807) is 32.5 Å². The summed E-state index contributed by atoms with van der Waals surface area (Å²) in [6.07, 6.45) is 3.27. The van der Waals surface area contributed by atoms with Crippen LogP contribution in [0.3, 0.4) is 0 Å². The lowest BCUT2D eigenvalue weighted by atomic mass is 9.81. The van der Waals surface area contributed by atoms with Gasteiger partial charge in [0, 0.05) is 6.54 Å². The van der Waals surface area contributed by atoms with Crippen molar-refractivity contribution in [3.8, 4) is 0 Å². The van der Waals surface area contributed by atoms with Crippen LogP contribution < -0.4 is 5.32 Å². The number of carbonyl (C=O) groups is 2. The van der Waals surface area contributed by atoms with Crippen LogP contribution in [0.2, 0.25) is 0 Å². The molecule has 118 valence electrons. The fourth-order valence-electron chi connectivity index (χ4n) is 1.83. The van der Waals surface area contributed by atoms with Crippen LogP contribution in [0.1, 0.15) is 47.0 Å². The highest BCUT2D eigenvalue weighted by atomic mass is 32.2. The van der Waals surface area contributed by atoms with Gasteiger partial charge in [-0.1, -0.05) is 6.92 Å². The molecule has 0 aromatic rings. The molecule has 0 aromatic heterocycles. The van der Waals surface area contributed by atoms with E-state index in [2.05, 4.69) is 5.32 Å².